The third kappa shape index (κ3) is 3.47. The topological polar surface area (TPSA) is 38.5 Å². The van der Waals surface area contributed by atoms with Crippen LogP contribution in [0.1, 0.15) is 24.8 Å². The SMILES string of the molecule is COc1ccc(CCC2(N)CCN(C)CC2)cc1. The first-order valence-corrected chi connectivity index (χ1v) is 6.72. The van der Waals surface area contributed by atoms with Crippen LogP contribution in [0.5, 0.6) is 5.75 Å². The average molecular weight is 248 g/mol. The maximum absolute atomic E-state index is 6.47. The maximum Gasteiger partial charge on any atom is 0.118 e. The molecule has 0 aromatic heterocycles. The second-order valence-corrected chi connectivity index (χ2v) is 5.51. The van der Waals surface area contributed by atoms with E-state index < -0.39 is 0 Å². The molecule has 0 spiro atoms. The van der Waals surface area contributed by atoms with E-state index in [4.69, 9.17) is 10.5 Å². The van der Waals surface area contributed by atoms with Crippen molar-refractivity contribution >= 4 is 0 Å². The van der Waals surface area contributed by atoms with E-state index in [9.17, 15) is 0 Å². The van der Waals surface area contributed by atoms with Crippen LogP contribution >= 0.6 is 0 Å². The van der Waals surface area contributed by atoms with Crippen LogP contribution in [0.4, 0.5) is 0 Å². The Balaban J connectivity index is 1.86. The van der Waals surface area contributed by atoms with Crippen LogP contribution in [0.15, 0.2) is 24.3 Å². The van der Waals surface area contributed by atoms with E-state index in [2.05, 4.69) is 24.1 Å². The van der Waals surface area contributed by atoms with Crippen LogP contribution in [0.2, 0.25) is 0 Å². The molecule has 3 nitrogen and oxygen atoms in total. The zero-order valence-electron chi connectivity index (χ0n) is 11.5. The molecular formula is C15H24N2O. The Kier molecular flexibility index (Phi) is 4.25. The molecule has 0 bridgehead atoms. The van der Waals surface area contributed by atoms with E-state index in [0.717, 1.165) is 44.5 Å². The summed E-state index contributed by atoms with van der Waals surface area (Å²) in [5.41, 5.74) is 7.85. The van der Waals surface area contributed by atoms with Crippen LogP contribution in [0.25, 0.3) is 0 Å². The van der Waals surface area contributed by atoms with Gasteiger partial charge in [0.25, 0.3) is 0 Å². The van der Waals surface area contributed by atoms with E-state index in [1.54, 1.807) is 7.11 Å². The minimum atomic E-state index is 0.0342. The molecule has 18 heavy (non-hydrogen) atoms. The van der Waals surface area contributed by atoms with Crippen LogP contribution < -0.4 is 10.5 Å². The zero-order chi connectivity index (χ0) is 13.0. The second kappa shape index (κ2) is 5.72. The number of nitrogens with zero attached hydrogens (tertiary/aromatic N) is 1. The number of hydrogen-bond donors (Lipinski definition) is 1. The highest BCUT2D eigenvalue weighted by Gasteiger charge is 2.28. The standard InChI is InChI=1S/C15H24N2O/c1-17-11-9-15(16,10-12-17)8-7-13-3-5-14(18-2)6-4-13/h3-6H,7-12,16H2,1-2H3. The molecule has 1 aromatic rings. The summed E-state index contributed by atoms with van der Waals surface area (Å²) in [4.78, 5) is 2.36. The molecule has 2 rings (SSSR count). The first kappa shape index (κ1) is 13.4. The van der Waals surface area contributed by atoms with Gasteiger partial charge in [-0.15, -0.1) is 0 Å². The molecule has 1 heterocycles. The fraction of sp³-hybridized carbons (Fsp3) is 0.600. The van der Waals surface area contributed by atoms with Gasteiger partial charge in [0.15, 0.2) is 0 Å². The van der Waals surface area contributed by atoms with Crippen molar-refractivity contribution in [1.29, 1.82) is 0 Å². The predicted molar refractivity (Wildman–Crippen MR) is 75.0 cm³/mol. The summed E-state index contributed by atoms with van der Waals surface area (Å²) in [5, 5.41) is 0. The van der Waals surface area contributed by atoms with Gasteiger partial charge in [0.05, 0.1) is 7.11 Å². The minimum Gasteiger partial charge on any atom is -0.497 e. The number of nitrogens with two attached hydrogens (primary N) is 1. The van der Waals surface area contributed by atoms with Gasteiger partial charge in [0.2, 0.25) is 0 Å². The quantitative estimate of drug-likeness (QED) is 0.886. The predicted octanol–water partition coefficient (Wildman–Crippen LogP) is 2.05. The Hall–Kier alpha value is -1.06. The Labute approximate surface area is 110 Å². The van der Waals surface area contributed by atoms with Gasteiger partial charge >= 0.3 is 0 Å². The number of likely N-dealkylation sites (tertiary alicyclic amines) is 1. The van der Waals surface area contributed by atoms with E-state index in [-0.39, 0.29) is 5.54 Å². The molecule has 1 aromatic carbocycles. The Morgan fingerprint density at radius 1 is 1.22 bits per heavy atom. The molecule has 0 saturated carbocycles. The molecule has 2 N–H and O–H groups in total. The van der Waals surface area contributed by atoms with E-state index in [1.807, 2.05) is 12.1 Å². The summed E-state index contributed by atoms with van der Waals surface area (Å²) in [6.07, 6.45) is 4.36. The fourth-order valence-electron chi connectivity index (χ4n) is 2.50. The Morgan fingerprint density at radius 3 is 2.39 bits per heavy atom. The zero-order valence-corrected chi connectivity index (χ0v) is 11.5. The third-order valence-corrected chi connectivity index (χ3v) is 4.05. The molecule has 1 aliphatic heterocycles. The molecule has 0 radical (unpaired) electrons. The van der Waals surface area contributed by atoms with Crippen molar-refractivity contribution in [3.05, 3.63) is 29.8 Å². The number of piperidine rings is 1. The van der Waals surface area contributed by atoms with Gasteiger partial charge in [-0.3, -0.25) is 0 Å². The summed E-state index contributed by atoms with van der Waals surface area (Å²) < 4.78 is 5.17. The molecule has 0 unspecified atom stereocenters. The van der Waals surface area contributed by atoms with Crippen LogP contribution in [-0.4, -0.2) is 37.7 Å². The lowest BCUT2D eigenvalue weighted by Gasteiger charge is -2.37. The van der Waals surface area contributed by atoms with Gasteiger partial charge in [-0.25, -0.2) is 0 Å². The van der Waals surface area contributed by atoms with Gasteiger partial charge in [-0.2, -0.15) is 0 Å². The van der Waals surface area contributed by atoms with E-state index in [1.165, 1.54) is 5.56 Å². The van der Waals surface area contributed by atoms with Crippen molar-refractivity contribution in [2.45, 2.75) is 31.2 Å². The van der Waals surface area contributed by atoms with Gasteiger partial charge in [0, 0.05) is 5.54 Å². The number of rotatable bonds is 4. The van der Waals surface area contributed by atoms with Crippen LogP contribution in [0, 0.1) is 0 Å². The molecular weight excluding hydrogens is 224 g/mol. The van der Waals surface area contributed by atoms with E-state index >= 15 is 0 Å². The van der Waals surface area contributed by atoms with Gasteiger partial charge < -0.3 is 15.4 Å². The number of hydrogen-bond acceptors (Lipinski definition) is 3. The lowest BCUT2D eigenvalue weighted by molar-refractivity contribution is 0.182. The van der Waals surface area contributed by atoms with Crippen molar-refractivity contribution in [3.8, 4) is 5.75 Å². The van der Waals surface area contributed by atoms with Crippen LogP contribution in [0.3, 0.4) is 0 Å². The molecule has 3 heteroatoms. The summed E-state index contributed by atoms with van der Waals surface area (Å²) in [7, 11) is 3.87. The van der Waals surface area contributed by atoms with Crippen LogP contribution in [-0.2, 0) is 6.42 Å². The molecule has 0 amide bonds. The van der Waals surface area contributed by atoms with Crippen molar-refractivity contribution in [2.75, 3.05) is 27.2 Å². The summed E-state index contributed by atoms with van der Waals surface area (Å²) in [5.74, 6) is 0.917. The monoisotopic (exact) mass is 248 g/mol. The number of ether oxygens (including phenoxy) is 1. The second-order valence-electron chi connectivity index (χ2n) is 5.51. The molecule has 1 fully saturated rings. The lowest BCUT2D eigenvalue weighted by atomic mass is 9.83. The van der Waals surface area contributed by atoms with Gasteiger partial charge in [-0.1, -0.05) is 12.1 Å². The molecule has 1 aliphatic rings. The van der Waals surface area contributed by atoms with Crippen molar-refractivity contribution in [2.24, 2.45) is 5.73 Å². The van der Waals surface area contributed by atoms with Crippen molar-refractivity contribution < 1.29 is 4.74 Å². The first-order chi connectivity index (χ1) is 8.61. The largest absolute Gasteiger partial charge is 0.497 e. The lowest BCUT2D eigenvalue weighted by Crippen LogP contribution is -2.49. The highest BCUT2D eigenvalue weighted by Crippen LogP contribution is 2.24. The first-order valence-electron chi connectivity index (χ1n) is 6.72. The van der Waals surface area contributed by atoms with Gasteiger partial charge in [0.1, 0.15) is 5.75 Å². The smallest absolute Gasteiger partial charge is 0.118 e. The molecule has 0 atom stereocenters. The number of aryl methyl sites for hydroxylation is 1. The normalized spacial score (nSPS) is 19.7. The summed E-state index contributed by atoms with van der Waals surface area (Å²) >= 11 is 0. The Bertz CT molecular complexity index is 367. The molecule has 0 aliphatic carbocycles. The summed E-state index contributed by atoms with van der Waals surface area (Å²) in [6, 6.07) is 8.31. The summed E-state index contributed by atoms with van der Waals surface area (Å²) in [6.45, 7) is 2.25. The number of methoxy groups -OCH3 is 1. The fourth-order valence-corrected chi connectivity index (χ4v) is 2.50. The molecule has 1 saturated heterocycles. The third-order valence-electron chi connectivity index (χ3n) is 4.05. The minimum absolute atomic E-state index is 0.0342. The highest BCUT2D eigenvalue weighted by atomic mass is 16.5. The highest BCUT2D eigenvalue weighted by molar-refractivity contribution is 5.27. The van der Waals surface area contributed by atoms with Crippen molar-refractivity contribution in [3.63, 3.8) is 0 Å². The Morgan fingerprint density at radius 2 is 1.83 bits per heavy atom. The van der Waals surface area contributed by atoms with Gasteiger partial charge in [-0.05, 0) is 63.5 Å². The maximum atomic E-state index is 6.47. The van der Waals surface area contributed by atoms with E-state index in [0.29, 0.717) is 0 Å². The average Bonchev–Trinajstić information content (AvgIpc) is 2.41. The molecule has 100 valence electrons. The van der Waals surface area contributed by atoms with Crippen molar-refractivity contribution in [1.82, 2.24) is 4.90 Å². The number of benzene rings is 1.